The molecule has 0 unspecified atom stereocenters. The summed E-state index contributed by atoms with van der Waals surface area (Å²) >= 11 is 0. The molecule has 0 saturated heterocycles. The number of halogens is 6. The van der Waals surface area contributed by atoms with Crippen molar-refractivity contribution in [3.8, 4) is 28.7 Å². The fourth-order valence-corrected chi connectivity index (χ4v) is 3.39. The third-order valence-corrected chi connectivity index (χ3v) is 5.33. The maximum absolute atomic E-state index is 14.9. The number of nitrogens with one attached hydrogen (secondary N) is 1. The Morgan fingerprint density at radius 1 is 1.00 bits per heavy atom. The number of H-pyrrole nitrogens is 1. The SMILES string of the molecule is Cn1c(Cn2ccc(C(F)(F)F)c(Oc3c(F)cc(-c4ccc(F)c(C#N)c4)cc3F)c2=O)n[nH]c1=O. The van der Waals surface area contributed by atoms with Crippen molar-refractivity contribution in [2.45, 2.75) is 12.7 Å². The number of pyridine rings is 1. The first-order chi connectivity index (χ1) is 17.4. The van der Waals surface area contributed by atoms with Gasteiger partial charge in [0.15, 0.2) is 23.2 Å². The van der Waals surface area contributed by atoms with Gasteiger partial charge in [-0.25, -0.2) is 23.1 Å². The molecule has 0 aliphatic carbocycles. The van der Waals surface area contributed by atoms with Crippen LogP contribution in [0.3, 0.4) is 0 Å². The standard InChI is InChI=1S/C23H13F6N5O3/c1-33-18(31-32-22(33)36)10-34-5-4-14(23(27,28)29)19(21(34)35)37-20-16(25)7-12(8-17(20)26)11-2-3-15(24)13(6-11)9-30/h2-8H,10H2,1H3,(H,32,36). The normalized spacial score (nSPS) is 11.4. The van der Waals surface area contributed by atoms with Crippen molar-refractivity contribution in [1.29, 1.82) is 5.26 Å². The fourth-order valence-electron chi connectivity index (χ4n) is 3.39. The van der Waals surface area contributed by atoms with Gasteiger partial charge in [0.05, 0.1) is 12.1 Å². The third kappa shape index (κ3) is 4.83. The smallest absolute Gasteiger partial charge is 0.420 e. The molecule has 0 aliphatic rings. The second kappa shape index (κ2) is 9.34. The van der Waals surface area contributed by atoms with Gasteiger partial charge in [-0.2, -0.15) is 23.5 Å². The molecule has 0 spiro atoms. The number of nitrogens with zero attached hydrogens (tertiary/aromatic N) is 4. The van der Waals surface area contributed by atoms with E-state index in [4.69, 9.17) is 10.00 Å². The van der Waals surface area contributed by atoms with Crippen LogP contribution in [0.5, 0.6) is 11.5 Å². The van der Waals surface area contributed by atoms with Crippen LogP contribution in [0.25, 0.3) is 11.1 Å². The molecule has 37 heavy (non-hydrogen) atoms. The van der Waals surface area contributed by atoms with Gasteiger partial charge in [-0.3, -0.25) is 9.36 Å². The van der Waals surface area contributed by atoms with Crippen LogP contribution in [0.15, 0.2) is 52.2 Å². The van der Waals surface area contributed by atoms with Crippen molar-refractivity contribution >= 4 is 0 Å². The first-order valence-corrected chi connectivity index (χ1v) is 10.2. The van der Waals surface area contributed by atoms with E-state index in [0.717, 1.165) is 29.0 Å². The second-order valence-electron chi connectivity index (χ2n) is 7.67. The number of benzene rings is 2. The van der Waals surface area contributed by atoms with Gasteiger partial charge in [-0.15, -0.1) is 0 Å². The quantitative estimate of drug-likeness (QED) is 0.399. The van der Waals surface area contributed by atoms with Gasteiger partial charge in [-0.05, 0) is 41.5 Å². The predicted octanol–water partition coefficient (Wildman–Crippen LogP) is 4.09. The fraction of sp³-hybridized carbons (Fsp3) is 0.130. The lowest BCUT2D eigenvalue weighted by molar-refractivity contribution is -0.138. The van der Waals surface area contributed by atoms with Crippen molar-refractivity contribution < 1.29 is 31.1 Å². The molecule has 0 fully saturated rings. The maximum Gasteiger partial charge on any atom is 0.420 e. The Balaban J connectivity index is 1.79. The van der Waals surface area contributed by atoms with Crippen LogP contribution in [0.2, 0.25) is 0 Å². The van der Waals surface area contributed by atoms with E-state index in [0.29, 0.717) is 22.8 Å². The first-order valence-electron chi connectivity index (χ1n) is 10.2. The maximum atomic E-state index is 14.9. The summed E-state index contributed by atoms with van der Waals surface area (Å²) in [6.45, 7) is -0.460. The summed E-state index contributed by atoms with van der Waals surface area (Å²) < 4.78 is 90.7. The summed E-state index contributed by atoms with van der Waals surface area (Å²) in [5.41, 5.74) is -4.15. The number of alkyl halides is 3. The molecule has 1 N–H and O–H groups in total. The van der Waals surface area contributed by atoms with E-state index in [1.165, 1.54) is 7.05 Å². The van der Waals surface area contributed by atoms with Crippen molar-refractivity contribution in [1.82, 2.24) is 19.3 Å². The van der Waals surface area contributed by atoms with E-state index in [-0.39, 0.29) is 17.0 Å². The first kappa shape index (κ1) is 25.3. The van der Waals surface area contributed by atoms with Crippen LogP contribution in [0.1, 0.15) is 17.0 Å². The molecule has 2 heterocycles. The summed E-state index contributed by atoms with van der Waals surface area (Å²) in [5.74, 6) is -6.50. The molecule has 0 aliphatic heterocycles. The second-order valence-corrected chi connectivity index (χ2v) is 7.67. The molecule has 0 radical (unpaired) electrons. The van der Waals surface area contributed by atoms with E-state index in [2.05, 4.69) is 10.2 Å². The molecule has 2 aromatic heterocycles. The van der Waals surface area contributed by atoms with Gasteiger partial charge >= 0.3 is 11.9 Å². The van der Waals surface area contributed by atoms with E-state index >= 15 is 0 Å². The Bertz CT molecular complexity index is 1660. The number of hydrogen-bond acceptors (Lipinski definition) is 5. The van der Waals surface area contributed by atoms with Crippen molar-refractivity contribution in [3.05, 3.63) is 97.8 Å². The lowest BCUT2D eigenvalue weighted by Gasteiger charge is -2.16. The van der Waals surface area contributed by atoms with Gasteiger partial charge in [0.25, 0.3) is 5.56 Å². The van der Waals surface area contributed by atoms with E-state index in [1.54, 1.807) is 6.07 Å². The van der Waals surface area contributed by atoms with Gasteiger partial charge < -0.3 is 9.30 Å². The molecule has 0 saturated carbocycles. The molecular formula is C23H13F6N5O3. The highest BCUT2D eigenvalue weighted by molar-refractivity contribution is 5.66. The third-order valence-electron chi connectivity index (χ3n) is 5.33. The van der Waals surface area contributed by atoms with Crippen LogP contribution in [0.4, 0.5) is 26.3 Å². The minimum Gasteiger partial charge on any atom is -0.445 e. The Kier molecular flexibility index (Phi) is 6.39. The Morgan fingerprint density at radius 3 is 2.24 bits per heavy atom. The van der Waals surface area contributed by atoms with Gasteiger partial charge in [0.2, 0.25) is 5.75 Å². The molecule has 14 heteroatoms. The Labute approximate surface area is 202 Å². The molecule has 4 aromatic rings. The average Bonchev–Trinajstić information content (AvgIpc) is 3.15. The molecule has 2 aromatic carbocycles. The lowest BCUT2D eigenvalue weighted by Crippen LogP contribution is -2.26. The van der Waals surface area contributed by atoms with E-state index in [1.807, 2.05) is 0 Å². The van der Waals surface area contributed by atoms with Crippen LogP contribution < -0.4 is 16.0 Å². The summed E-state index contributed by atoms with van der Waals surface area (Å²) in [6, 6.07) is 6.53. The topological polar surface area (TPSA) is 106 Å². The van der Waals surface area contributed by atoms with Gasteiger partial charge in [0, 0.05) is 13.2 Å². The number of aromatic amines is 1. The van der Waals surface area contributed by atoms with Gasteiger partial charge in [-0.1, -0.05) is 6.07 Å². The monoisotopic (exact) mass is 521 g/mol. The zero-order chi connectivity index (χ0) is 27.1. The molecule has 8 nitrogen and oxygen atoms in total. The highest BCUT2D eigenvalue weighted by Crippen LogP contribution is 2.38. The molecule has 190 valence electrons. The zero-order valence-corrected chi connectivity index (χ0v) is 18.5. The van der Waals surface area contributed by atoms with Crippen molar-refractivity contribution in [2.75, 3.05) is 0 Å². The number of ether oxygens (including phenoxy) is 1. The minimum absolute atomic E-state index is 0.0180. The molecule has 0 bridgehead atoms. The van der Waals surface area contributed by atoms with Crippen molar-refractivity contribution in [2.24, 2.45) is 7.05 Å². The summed E-state index contributed by atoms with van der Waals surface area (Å²) in [4.78, 5) is 24.4. The minimum atomic E-state index is -5.12. The lowest BCUT2D eigenvalue weighted by atomic mass is 10.0. The number of rotatable bonds is 5. The van der Waals surface area contributed by atoms with Crippen LogP contribution in [-0.4, -0.2) is 19.3 Å². The molecule has 0 atom stereocenters. The number of aromatic nitrogens is 4. The zero-order valence-electron chi connectivity index (χ0n) is 18.5. The summed E-state index contributed by atoms with van der Waals surface area (Å²) in [7, 11) is 1.31. The Morgan fingerprint density at radius 2 is 1.68 bits per heavy atom. The van der Waals surface area contributed by atoms with Crippen LogP contribution >= 0.6 is 0 Å². The van der Waals surface area contributed by atoms with Gasteiger partial charge in [0.1, 0.15) is 17.4 Å². The number of nitriles is 1. The molecule has 4 rings (SSSR count). The van der Waals surface area contributed by atoms with Crippen molar-refractivity contribution in [3.63, 3.8) is 0 Å². The summed E-state index contributed by atoms with van der Waals surface area (Å²) in [6.07, 6.45) is -4.35. The Hall–Kier alpha value is -4.80. The van der Waals surface area contributed by atoms with Crippen LogP contribution in [-0.2, 0) is 19.8 Å². The highest BCUT2D eigenvalue weighted by Gasteiger charge is 2.37. The molecule has 0 amide bonds. The summed E-state index contributed by atoms with van der Waals surface area (Å²) in [5, 5.41) is 14.7. The predicted molar refractivity (Wildman–Crippen MR) is 115 cm³/mol. The van der Waals surface area contributed by atoms with E-state index in [9.17, 15) is 35.9 Å². The van der Waals surface area contributed by atoms with Crippen LogP contribution in [0, 0.1) is 28.8 Å². The largest absolute Gasteiger partial charge is 0.445 e. The average molecular weight is 521 g/mol. The number of hydrogen-bond donors (Lipinski definition) is 1. The van der Waals surface area contributed by atoms with E-state index < -0.39 is 64.0 Å². The highest BCUT2D eigenvalue weighted by atomic mass is 19.4. The molecular weight excluding hydrogens is 508 g/mol.